The quantitative estimate of drug-likeness (QED) is 0.596. The van der Waals surface area contributed by atoms with Gasteiger partial charge < -0.3 is 0 Å². The zero-order valence-corrected chi connectivity index (χ0v) is 6.82. The molecule has 0 heterocycles. The maximum atomic E-state index is 10.7. The van der Waals surface area contributed by atoms with Crippen molar-refractivity contribution in [3.05, 3.63) is 6.42 Å². The molecule has 0 aliphatic rings. The van der Waals surface area contributed by atoms with Crippen LogP contribution in [-0.4, -0.2) is 11.5 Å². The molecule has 0 saturated carbocycles. The number of ketones is 1. The number of rotatable bonds is 4. The molecule has 0 amide bonds. The molecule has 0 aliphatic heterocycles. The number of thiol groups is 1. The highest BCUT2D eigenvalue weighted by Crippen LogP contribution is 2.01. The number of carbonyl (C=O) groups excluding carboxylic acids is 1. The van der Waals surface area contributed by atoms with Crippen LogP contribution in [0.15, 0.2) is 0 Å². The zero-order valence-electron chi connectivity index (χ0n) is 5.92. The van der Waals surface area contributed by atoms with Gasteiger partial charge in [-0.15, -0.1) is 0 Å². The maximum absolute atomic E-state index is 10.7. The summed E-state index contributed by atoms with van der Waals surface area (Å²) in [5, 5.41) is 0. The Morgan fingerprint density at radius 2 is 2.22 bits per heavy atom. The Kier molecular flexibility index (Phi) is 4.87. The van der Waals surface area contributed by atoms with E-state index in [0.29, 0.717) is 18.1 Å². The van der Waals surface area contributed by atoms with Crippen LogP contribution in [-0.2, 0) is 4.79 Å². The van der Waals surface area contributed by atoms with Gasteiger partial charge in [-0.1, -0.05) is 13.8 Å². The van der Waals surface area contributed by atoms with E-state index in [-0.39, 0.29) is 5.78 Å². The summed E-state index contributed by atoms with van der Waals surface area (Å²) < 4.78 is 0. The van der Waals surface area contributed by atoms with Crippen molar-refractivity contribution in [1.82, 2.24) is 0 Å². The molecule has 9 heavy (non-hydrogen) atoms. The Bertz CT molecular complexity index is 88.9. The molecule has 0 spiro atoms. The highest BCUT2D eigenvalue weighted by molar-refractivity contribution is 7.80. The zero-order chi connectivity index (χ0) is 7.28. The SMILES string of the molecule is CC(C)CC(=O)[CH]CS. The van der Waals surface area contributed by atoms with E-state index < -0.39 is 0 Å². The molecule has 1 nitrogen and oxygen atoms in total. The van der Waals surface area contributed by atoms with Gasteiger partial charge in [0.05, 0.1) is 0 Å². The summed E-state index contributed by atoms with van der Waals surface area (Å²) in [5.41, 5.74) is 0. The Morgan fingerprint density at radius 3 is 2.56 bits per heavy atom. The van der Waals surface area contributed by atoms with Gasteiger partial charge in [-0.2, -0.15) is 12.6 Å². The van der Waals surface area contributed by atoms with Crippen molar-refractivity contribution in [2.75, 3.05) is 5.75 Å². The van der Waals surface area contributed by atoms with Crippen LogP contribution in [0.3, 0.4) is 0 Å². The lowest BCUT2D eigenvalue weighted by atomic mass is 10.1. The Balaban J connectivity index is 3.27. The fraction of sp³-hybridized carbons (Fsp3) is 0.714. The van der Waals surface area contributed by atoms with Gasteiger partial charge in [0, 0.05) is 18.6 Å². The lowest BCUT2D eigenvalue weighted by Gasteiger charge is -1.99. The highest BCUT2D eigenvalue weighted by atomic mass is 32.1. The van der Waals surface area contributed by atoms with Crippen LogP contribution in [0.2, 0.25) is 0 Å². The molecule has 0 saturated heterocycles. The van der Waals surface area contributed by atoms with Gasteiger partial charge in [-0.05, 0) is 5.92 Å². The van der Waals surface area contributed by atoms with E-state index in [4.69, 9.17) is 0 Å². The predicted molar refractivity (Wildman–Crippen MR) is 42.6 cm³/mol. The molecule has 0 rings (SSSR count). The van der Waals surface area contributed by atoms with E-state index in [2.05, 4.69) is 12.6 Å². The molecule has 0 aromatic carbocycles. The topological polar surface area (TPSA) is 17.1 Å². The first-order chi connectivity index (χ1) is 4.16. The molecular weight excluding hydrogens is 132 g/mol. The molecule has 1 radical (unpaired) electrons. The summed E-state index contributed by atoms with van der Waals surface area (Å²) in [7, 11) is 0. The Labute approximate surface area is 62.2 Å². The normalized spacial score (nSPS) is 10.2. The van der Waals surface area contributed by atoms with Gasteiger partial charge in [0.15, 0.2) is 0 Å². The van der Waals surface area contributed by atoms with Crippen LogP contribution >= 0.6 is 12.6 Å². The van der Waals surface area contributed by atoms with Crippen LogP contribution in [0.5, 0.6) is 0 Å². The first-order valence-electron chi connectivity index (χ1n) is 3.13. The predicted octanol–water partition coefficient (Wildman–Crippen LogP) is 1.74. The molecule has 0 fully saturated rings. The summed E-state index contributed by atoms with van der Waals surface area (Å²) in [6, 6.07) is 0. The molecule has 0 aromatic rings. The minimum Gasteiger partial charge on any atom is -0.299 e. The maximum Gasteiger partial charge on any atom is 0.137 e. The van der Waals surface area contributed by atoms with Crippen molar-refractivity contribution in [2.45, 2.75) is 20.3 Å². The van der Waals surface area contributed by atoms with Gasteiger partial charge in [0.1, 0.15) is 5.78 Å². The highest BCUT2D eigenvalue weighted by Gasteiger charge is 2.02. The minimum absolute atomic E-state index is 0.208. The van der Waals surface area contributed by atoms with Gasteiger partial charge in [0.2, 0.25) is 0 Å². The first kappa shape index (κ1) is 9.02. The fourth-order valence-electron chi connectivity index (χ4n) is 0.588. The number of hydrogen-bond donors (Lipinski definition) is 1. The van der Waals surface area contributed by atoms with E-state index in [1.807, 2.05) is 13.8 Å². The fourth-order valence-corrected chi connectivity index (χ4v) is 0.791. The molecule has 0 bridgehead atoms. The monoisotopic (exact) mass is 145 g/mol. The first-order valence-corrected chi connectivity index (χ1v) is 3.77. The Morgan fingerprint density at radius 1 is 1.67 bits per heavy atom. The van der Waals surface area contributed by atoms with Crippen molar-refractivity contribution >= 4 is 18.4 Å². The third kappa shape index (κ3) is 5.90. The molecule has 53 valence electrons. The summed E-state index contributed by atoms with van der Waals surface area (Å²) in [6.45, 7) is 4.06. The molecule has 0 N–H and O–H groups in total. The third-order valence-corrected chi connectivity index (χ3v) is 1.11. The van der Waals surface area contributed by atoms with Gasteiger partial charge >= 0.3 is 0 Å². The lowest BCUT2D eigenvalue weighted by molar-refractivity contribution is -0.116. The van der Waals surface area contributed by atoms with E-state index in [1.165, 1.54) is 0 Å². The number of hydrogen-bond acceptors (Lipinski definition) is 2. The number of carbonyl (C=O) groups is 1. The standard InChI is InChI=1S/C7H13OS/c1-6(2)5-7(8)3-4-9/h3,6,9H,4-5H2,1-2H3. The van der Waals surface area contributed by atoms with E-state index in [1.54, 1.807) is 6.42 Å². The van der Waals surface area contributed by atoms with Crippen molar-refractivity contribution in [3.8, 4) is 0 Å². The average Bonchev–Trinajstić information content (AvgIpc) is 1.63. The van der Waals surface area contributed by atoms with E-state index in [0.717, 1.165) is 0 Å². The molecular formula is C7H13OS. The summed E-state index contributed by atoms with van der Waals surface area (Å²) in [4.78, 5) is 10.7. The van der Waals surface area contributed by atoms with Gasteiger partial charge in [-0.25, -0.2) is 0 Å². The molecule has 0 atom stereocenters. The van der Waals surface area contributed by atoms with Gasteiger partial charge in [-0.3, -0.25) is 4.79 Å². The summed E-state index contributed by atoms with van der Waals surface area (Å²) >= 11 is 3.91. The minimum atomic E-state index is 0.208. The molecule has 0 aromatic heterocycles. The van der Waals surface area contributed by atoms with Crippen LogP contribution in [0.25, 0.3) is 0 Å². The van der Waals surface area contributed by atoms with E-state index in [9.17, 15) is 4.79 Å². The second kappa shape index (κ2) is 4.86. The molecule has 0 unspecified atom stereocenters. The van der Waals surface area contributed by atoms with Crippen molar-refractivity contribution in [1.29, 1.82) is 0 Å². The largest absolute Gasteiger partial charge is 0.299 e. The average molecular weight is 145 g/mol. The van der Waals surface area contributed by atoms with Crippen molar-refractivity contribution in [3.63, 3.8) is 0 Å². The van der Waals surface area contributed by atoms with Crippen molar-refractivity contribution in [2.24, 2.45) is 5.92 Å². The van der Waals surface area contributed by atoms with Gasteiger partial charge in [0.25, 0.3) is 0 Å². The summed E-state index contributed by atoms with van der Waals surface area (Å²) in [6.07, 6.45) is 2.27. The lowest BCUT2D eigenvalue weighted by Crippen LogP contribution is -2.03. The van der Waals surface area contributed by atoms with Crippen molar-refractivity contribution < 1.29 is 4.79 Å². The van der Waals surface area contributed by atoms with Crippen LogP contribution in [0.4, 0.5) is 0 Å². The second-order valence-corrected chi connectivity index (χ2v) is 2.82. The smallest absolute Gasteiger partial charge is 0.137 e. The second-order valence-electron chi connectivity index (χ2n) is 2.45. The number of Topliss-reactive ketones (excluding diaryl/α,β-unsaturated/α-hetero) is 1. The molecule has 0 aliphatic carbocycles. The van der Waals surface area contributed by atoms with Crippen LogP contribution in [0, 0.1) is 12.3 Å². The molecule has 2 heteroatoms. The van der Waals surface area contributed by atoms with Crippen LogP contribution in [0.1, 0.15) is 20.3 Å². The third-order valence-electron chi connectivity index (χ3n) is 0.928. The van der Waals surface area contributed by atoms with E-state index >= 15 is 0 Å². The Hall–Kier alpha value is 0.0200. The summed E-state index contributed by atoms with van der Waals surface area (Å²) in [5.74, 6) is 1.24. The van der Waals surface area contributed by atoms with Crippen LogP contribution < -0.4 is 0 Å².